The number of phenolic OH excluding ortho intramolecular Hbond substituents is 1. The van der Waals surface area contributed by atoms with Gasteiger partial charge in [0.15, 0.2) is 0 Å². The van der Waals surface area contributed by atoms with Crippen LogP contribution in [0.25, 0.3) is 11.1 Å². The lowest BCUT2D eigenvalue weighted by Crippen LogP contribution is -1.86. The number of ether oxygens (including phenoxy) is 1. The van der Waals surface area contributed by atoms with Gasteiger partial charge in [0.2, 0.25) is 0 Å². The maximum absolute atomic E-state index is 9.82. The van der Waals surface area contributed by atoms with E-state index in [0.29, 0.717) is 26.9 Å². The molecule has 0 aliphatic rings. The van der Waals surface area contributed by atoms with E-state index >= 15 is 0 Å². The number of rotatable bonds is 2. The van der Waals surface area contributed by atoms with Crippen molar-refractivity contribution in [3.63, 3.8) is 0 Å². The molecule has 2 rings (SSSR count). The molecule has 0 heterocycles. The molecule has 1 N–H and O–H groups in total. The van der Waals surface area contributed by atoms with Crippen LogP contribution in [0.5, 0.6) is 11.5 Å². The van der Waals surface area contributed by atoms with Gasteiger partial charge in [0, 0.05) is 11.1 Å². The van der Waals surface area contributed by atoms with Gasteiger partial charge in [-0.15, -0.1) is 0 Å². The molecule has 0 aliphatic carbocycles. The third kappa shape index (κ3) is 2.33. The molecule has 0 fully saturated rings. The monoisotopic (exact) mass is 268 g/mol. The SMILES string of the molecule is COc1ccc(-c2c(O)cccc2Cl)c(Cl)c1. The van der Waals surface area contributed by atoms with Crippen LogP contribution in [0, 0.1) is 0 Å². The van der Waals surface area contributed by atoms with Gasteiger partial charge in [-0.25, -0.2) is 0 Å². The zero-order valence-electron chi connectivity index (χ0n) is 9.08. The molecule has 0 amide bonds. The van der Waals surface area contributed by atoms with Crippen LogP contribution >= 0.6 is 23.2 Å². The first-order valence-corrected chi connectivity index (χ1v) is 5.70. The lowest BCUT2D eigenvalue weighted by molar-refractivity contribution is 0.415. The van der Waals surface area contributed by atoms with Crippen LogP contribution in [-0.2, 0) is 0 Å². The minimum absolute atomic E-state index is 0.101. The summed E-state index contributed by atoms with van der Waals surface area (Å²) in [4.78, 5) is 0. The zero-order chi connectivity index (χ0) is 12.4. The van der Waals surface area contributed by atoms with E-state index in [-0.39, 0.29) is 5.75 Å². The second-order valence-electron chi connectivity index (χ2n) is 3.48. The van der Waals surface area contributed by atoms with Crippen LogP contribution < -0.4 is 4.74 Å². The van der Waals surface area contributed by atoms with Gasteiger partial charge in [-0.3, -0.25) is 0 Å². The van der Waals surface area contributed by atoms with Crippen molar-refractivity contribution in [1.29, 1.82) is 0 Å². The lowest BCUT2D eigenvalue weighted by atomic mass is 10.0. The van der Waals surface area contributed by atoms with Crippen LogP contribution in [0.2, 0.25) is 10.0 Å². The van der Waals surface area contributed by atoms with E-state index in [0.717, 1.165) is 0 Å². The molecule has 0 bridgehead atoms. The van der Waals surface area contributed by atoms with Gasteiger partial charge in [-0.2, -0.15) is 0 Å². The van der Waals surface area contributed by atoms with Crippen molar-refractivity contribution in [1.82, 2.24) is 0 Å². The summed E-state index contributed by atoms with van der Waals surface area (Å²) in [5.74, 6) is 0.759. The van der Waals surface area contributed by atoms with E-state index in [1.54, 1.807) is 43.5 Å². The third-order valence-corrected chi connectivity index (χ3v) is 3.06. The normalized spacial score (nSPS) is 10.3. The highest BCUT2D eigenvalue weighted by Crippen LogP contribution is 2.40. The molecule has 2 nitrogen and oxygen atoms in total. The van der Waals surface area contributed by atoms with Gasteiger partial charge in [0.1, 0.15) is 11.5 Å². The second-order valence-corrected chi connectivity index (χ2v) is 4.29. The number of hydrogen-bond acceptors (Lipinski definition) is 2. The van der Waals surface area contributed by atoms with E-state index in [2.05, 4.69) is 0 Å². The Bertz CT molecular complexity index is 533. The second kappa shape index (κ2) is 4.86. The molecule has 0 unspecified atom stereocenters. The summed E-state index contributed by atoms with van der Waals surface area (Å²) < 4.78 is 5.07. The van der Waals surface area contributed by atoms with Crippen molar-refractivity contribution >= 4 is 23.2 Å². The molecule has 0 atom stereocenters. The molecule has 0 saturated carbocycles. The fourth-order valence-electron chi connectivity index (χ4n) is 1.60. The predicted molar refractivity (Wildman–Crippen MR) is 70.1 cm³/mol. The Morgan fingerprint density at radius 1 is 1.06 bits per heavy atom. The Kier molecular flexibility index (Phi) is 3.46. The van der Waals surface area contributed by atoms with E-state index in [1.165, 1.54) is 0 Å². The molecular weight excluding hydrogens is 259 g/mol. The molecule has 0 radical (unpaired) electrons. The average molecular weight is 269 g/mol. The Balaban J connectivity index is 2.61. The standard InChI is InChI=1S/C13H10Cl2O2/c1-17-8-5-6-9(11(15)7-8)13-10(14)3-2-4-12(13)16/h2-7,16H,1H3. The van der Waals surface area contributed by atoms with Gasteiger partial charge in [0.25, 0.3) is 0 Å². The number of aromatic hydroxyl groups is 1. The molecule has 0 aromatic heterocycles. The lowest BCUT2D eigenvalue weighted by Gasteiger charge is -2.10. The molecule has 2 aromatic carbocycles. The third-order valence-electron chi connectivity index (χ3n) is 2.44. The minimum atomic E-state index is 0.101. The van der Waals surface area contributed by atoms with E-state index in [4.69, 9.17) is 27.9 Å². The van der Waals surface area contributed by atoms with Gasteiger partial charge < -0.3 is 9.84 Å². The van der Waals surface area contributed by atoms with Crippen molar-refractivity contribution in [2.45, 2.75) is 0 Å². The van der Waals surface area contributed by atoms with Crippen molar-refractivity contribution in [2.75, 3.05) is 7.11 Å². The summed E-state index contributed by atoms with van der Waals surface area (Å²) in [6, 6.07) is 10.2. The van der Waals surface area contributed by atoms with Crippen LogP contribution in [-0.4, -0.2) is 12.2 Å². The molecule has 0 spiro atoms. The summed E-state index contributed by atoms with van der Waals surface area (Å²) in [6.07, 6.45) is 0. The largest absolute Gasteiger partial charge is 0.507 e. The Morgan fingerprint density at radius 3 is 2.41 bits per heavy atom. The average Bonchev–Trinajstić information content (AvgIpc) is 2.30. The van der Waals surface area contributed by atoms with Crippen molar-refractivity contribution in [3.8, 4) is 22.6 Å². The molecule has 0 saturated heterocycles. The van der Waals surface area contributed by atoms with Gasteiger partial charge >= 0.3 is 0 Å². The maximum Gasteiger partial charge on any atom is 0.124 e. The van der Waals surface area contributed by atoms with Gasteiger partial charge in [0.05, 0.1) is 17.2 Å². The van der Waals surface area contributed by atoms with Crippen LogP contribution in [0.15, 0.2) is 36.4 Å². The fraction of sp³-hybridized carbons (Fsp3) is 0.0769. The van der Waals surface area contributed by atoms with Crippen LogP contribution in [0.1, 0.15) is 0 Å². The van der Waals surface area contributed by atoms with Crippen LogP contribution in [0.3, 0.4) is 0 Å². The number of hydrogen-bond donors (Lipinski definition) is 1. The summed E-state index contributed by atoms with van der Waals surface area (Å²) in [5.41, 5.74) is 1.21. The zero-order valence-corrected chi connectivity index (χ0v) is 10.6. The highest BCUT2D eigenvalue weighted by Gasteiger charge is 2.12. The quantitative estimate of drug-likeness (QED) is 0.876. The van der Waals surface area contributed by atoms with E-state index in [1.807, 2.05) is 0 Å². The van der Waals surface area contributed by atoms with Gasteiger partial charge in [-0.1, -0.05) is 29.3 Å². The summed E-state index contributed by atoms with van der Waals surface area (Å²) in [6.45, 7) is 0. The molecule has 4 heteroatoms. The predicted octanol–water partition coefficient (Wildman–Crippen LogP) is 4.37. The Hall–Kier alpha value is -1.38. The van der Waals surface area contributed by atoms with E-state index < -0.39 is 0 Å². The van der Waals surface area contributed by atoms with Crippen molar-refractivity contribution in [3.05, 3.63) is 46.4 Å². The minimum Gasteiger partial charge on any atom is -0.507 e. The molecular formula is C13H10Cl2O2. The Labute approximate surface area is 109 Å². The summed E-state index contributed by atoms with van der Waals surface area (Å²) in [5, 5.41) is 10.8. The van der Waals surface area contributed by atoms with Crippen molar-refractivity contribution in [2.24, 2.45) is 0 Å². The fourth-order valence-corrected chi connectivity index (χ4v) is 2.14. The topological polar surface area (TPSA) is 29.5 Å². The number of benzene rings is 2. The van der Waals surface area contributed by atoms with Crippen molar-refractivity contribution < 1.29 is 9.84 Å². The number of phenols is 1. The van der Waals surface area contributed by atoms with Crippen LogP contribution in [0.4, 0.5) is 0 Å². The molecule has 88 valence electrons. The Morgan fingerprint density at radius 2 is 1.82 bits per heavy atom. The number of halogens is 2. The van der Waals surface area contributed by atoms with E-state index in [9.17, 15) is 5.11 Å². The summed E-state index contributed by atoms with van der Waals surface area (Å²) >= 11 is 12.2. The molecule has 17 heavy (non-hydrogen) atoms. The summed E-state index contributed by atoms with van der Waals surface area (Å²) in [7, 11) is 1.57. The first-order valence-electron chi connectivity index (χ1n) is 4.95. The molecule has 2 aromatic rings. The highest BCUT2D eigenvalue weighted by atomic mass is 35.5. The smallest absolute Gasteiger partial charge is 0.124 e. The number of methoxy groups -OCH3 is 1. The maximum atomic E-state index is 9.82. The first-order chi connectivity index (χ1) is 8.13. The first kappa shape index (κ1) is 12.1. The molecule has 0 aliphatic heterocycles. The highest BCUT2D eigenvalue weighted by molar-refractivity contribution is 6.36. The van der Waals surface area contributed by atoms with Gasteiger partial charge in [-0.05, 0) is 30.3 Å².